The second-order valence-corrected chi connectivity index (χ2v) is 7.06. The maximum absolute atomic E-state index is 12.1. The summed E-state index contributed by atoms with van der Waals surface area (Å²) in [6, 6.07) is 13.2. The highest BCUT2D eigenvalue weighted by Gasteiger charge is 2.12. The Kier molecular flexibility index (Phi) is 7.47. The fourth-order valence-corrected chi connectivity index (χ4v) is 3.29. The summed E-state index contributed by atoms with van der Waals surface area (Å²) in [5.74, 6) is 2.05. The lowest BCUT2D eigenvalue weighted by Gasteiger charge is -2.16. The first kappa shape index (κ1) is 19.5. The van der Waals surface area contributed by atoms with Crippen LogP contribution in [0.25, 0.3) is 0 Å². The van der Waals surface area contributed by atoms with E-state index in [2.05, 4.69) is 5.32 Å². The van der Waals surface area contributed by atoms with Crippen molar-refractivity contribution >= 4 is 29.3 Å². The van der Waals surface area contributed by atoms with Crippen molar-refractivity contribution in [1.82, 2.24) is 5.32 Å². The Hall–Kier alpha value is -1.85. The third-order valence-corrected chi connectivity index (χ3v) is 4.96. The van der Waals surface area contributed by atoms with E-state index < -0.39 is 0 Å². The number of hydrogen-bond acceptors (Lipinski definition) is 4. The van der Waals surface area contributed by atoms with Crippen molar-refractivity contribution in [3.63, 3.8) is 0 Å². The van der Waals surface area contributed by atoms with Crippen molar-refractivity contribution in [2.24, 2.45) is 0 Å². The number of nitrogens with one attached hydrogen (secondary N) is 1. The molecule has 4 nitrogen and oxygen atoms in total. The average Bonchev–Trinajstić information content (AvgIpc) is 2.62. The van der Waals surface area contributed by atoms with E-state index in [4.69, 9.17) is 21.1 Å². The number of thioether (sulfide) groups is 1. The lowest BCUT2D eigenvalue weighted by molar-refractivity contribution is -0.121. The zero-order valence-corrected chi connectivity index (χ0v) is 16.1. The Labute approximate surface area is 157 Å². The smallest absolute Gasteiger partial charge is 0.221 e. The lowest BCUT2D eigenvalue weighted by atomic mass is 10.1. The van der Waals surface area contributed by atoms with Gasteiger partial charge in [0.25, 0.3) is 0 Å². The molecule has 2 aromatic carbocycles. The predicted molar refractivity (Wildman–Crippen MR) is 103 cm³/mol. The summed E-state index contributed by atoms with van der Waals surface area (Å²) in [5, 5.41) is 3.72. The van der Waals surface area contributed by atoms with E-state index in [9.17, 15) is 4.79 Å². The van der Waals surface area contributed by atoms with Gasteiger partial charge in [-0.25, -0.2) is 0 Å². The molecule has 1 atom stereocenters. The first-order valence-corrected chi connectivity index (χ1v) is 9.29. The summed E-state index contributed by atoms with van der Waals surface area (Å²) >= 11 is 7.50. The summed E-state index contributed by atoms with van der Waals surface area (Å²) in [5.41, 5.74) is 0.969. The molecule has 134 valence electrons. The van der Waals surface area contributed by atoms with Crippen LogP contribution < -0.4 is 14.8 Å². The Bertz CT molecular complexity index is 706. The van der Waals surface area contributed by atoms with Crippen LogP contribution in [-0.2, 0) is 4.79 Å². The molecule has 0 aliphatic heterocycles. The second kappa shape index (κ2) is 9.59. The topological polar surface area (TPSA) is 47.6 Å². The van der Waals surface area contributed by atoms with Gasteiger partial charge in [0.1, 0.15) is 0 Å². The van der Waals surface area contributed by atoms with Gasteiger partial charge in [-0.1, -0.05) is 17.7 Å². The van der Waals surface area contributed by atoms with Gasteiger partial charge in [-0.3, -0.25) is 4.79 Å². The molecule has 0 radical (unpaired) electrons. The maximum atomic E-state index is 12.1. The molecule has 0 spiro atoms. The molecule has 2 aromatic rings. The fraction of sp³-hybridized carbons (Fsp3) is 0.316. The Morgan fingerprint density at radius 2 is 1.80 bits per heavy atom. The van der Waals surface area contributed by atoms with Gasteiger partial charge in [-0.05, 0) is 48.9 Å². The summed E-state index contributed by atoms with van der Waals surface area (Å²) in [6.07, 6.45) is 0.449. The number of amides is 1. The standard InChI is InChI=1S/C19H22ClNO3S/c1-13(14-4-9-17(23-2)18(12-14)24-3)21-19(22)10-11-25-16-7-5-15(20)6-8-16/h4-9,12-13H,10-11H2,1-3H3,(H,21,22)/t13-/m1/s1. The van der Waals surface area contributed by atoms with Crippen molar-refractivity contribution in [3.05, 3.63) is 53.1 Å². The van der Waals surface area contributed by atoms with Crippen LogP contribution in [0.1, 0.15) is 24.9 Å². The highest BCUT2D eigenvalue weighted by molar-refractivity contribution is 7.99. The van der Waals surface area contributed by atoms with Crippen LogP contribution in [0.15, 0.2) is 47.4 Å². The molecule has 1 N–H and O–H groups in total. The van der Waals surface area contributed by atoms with Crippen molar-refractivity contribution in [1.29, 1.82) is 0 Å². The van der Waals surface area contributed by atoms with Crippen LogP contribution in [0.4, 0.5) is 0 Å². The predicted octanol–water partition coefficient (Wildman–Crippen LogP) is 4.72. The maximum Gasteiger partial charge on any atom is 0.221 e. The Morgan fingerprint density at radius 1 is 1.12 bits per heavy atom. The molecule has 0 aromatic heterocycles. The van der Waals surface area contributed by atoms with Crippen molar-refractivity contribution in [2.45, 2.75) is 24.3 Å². The Balaban J connectivity index is 1.84. The molecule has 0 saturated heterocycles. The third kappa shape index (κ3) is 5.87. The molecule has 0 aliphatic carbocycles. The minimum atomic E-state index is -0.104. The van der Waals surface area contributed by atoms with E-state index >= 15 is 0 Å². The van der Waals surface area contributed by atoms with Gasteiger partial charge in [0.2, 0.25) is 5.91 Å². The molecule has 0 fully saturated rings. The number of hydrogen-bond donors (Lipinski definition) is 1. The molecule has 0 saturated carbocycles. The van der Waals surface area contributed by atoms with Crippen LogP contribution >= 0.6 is 23.4 Å². The SMILES string of the molecule is COc1ccc([C@@H](C)NC(=O)CCSc2ccc(Cl)cc2)cc1OC. The van der Waals surface area contributed by atoms with Crippen LogP contribution in [0.2, 0.25) is 5.02 Å². The van der Waals surface area contributed by atoms with Gasteiger partial charge in [0.15, 0.2) is 11.5 Å². The van der Waals surface area contributed by atoms with Crippen LogP contribution in [0.5, 0.6) is 11.5 Å². The minimum absolute atomic E-state index is 0.0174. The number of halogens is 1. The molecule has 0 heterocycles. The van der Waals surface area contributed by atoms with E-state index in [-0.39, 0.29) is 11.9 Å². The summed E-state index contributed by atoms with van der Waals surface area (Å²) in [6.45, 7) is 1.95. The lowest BCUT2D eigenvalue weighted by Crippen LogP contribution is -2.26. The summed E-state index contributed by atoms with van der Waals surface area (Å²) < 4.78 is 10.5. The normalized spacial score (nSPS) is 11.7. The van der Waals surface area contributed by atoms with Crippen molar-refractivity contribution in [2.75, 3.05) is 20.0 Å². The van der Waals surface area contributed by atoms with Gasteiger partial charge in [-0.15, -0.1) is 11.8 Å². The second-order valence-electron chi connectivity index (χ2n) is 5.46. The molecule has 6 heteroatoms. The summed E-state index contributed by atoms with van der Waals surface area (Å²) in [7, 11) is 3.19. The van der Waals surface area contributed by atoms with Crippen LogP contribution in [0.3, 0.4) is 0 Å². The van der Waals surface area contributed by atoms with Gasteiger partial charge in [0.05, 0.1) is 20.3 Å². The van der Waals surface area contributed by atoms with E-state index in [1.165, 1.54) is 0 Å². The molecule has 0 bridgehead atoms. The first-order chi connectivity index (χ1) is 12.0. The van der Waals surface area contributed by atoms with E-state index in [1.807, 2.05) is 49.4 Å². The van der Waals surface area contributed by atoms with Gasteiger partial charge >= 0.3 is 0 Å². The number of rotatable bonds is 8. The highest BCUT2D eigenvalue weighted by atomic mass is 35.5. The molecule has 0 unspecified atom stereocenters. The molecule has 0 aliphatic rings. The summed E-state index contributed by atoms with van der Waals surface area (Å²) in [4.78, 5) is 13.2. The quantitative estimate of drug-likeness (QED) is 0.674. The van der Waals surface area contributed by atoms with Gasteiger partial charge in [0, 0.05) is 22.1 Å². The van der Waals surface area contributed by atoms with Crippen LogP contribution in [-0.4, -0.2) is 25.9 Å². The number of carbonyl (C=O) groups excluding carboxylic acids is 1. The van der Waals surface area contributed by atoms with Crippen molar-refractivity contribution in [3.8, 4) is 11.5 Å². The largest absolute Gasteiger partial charge is 0.493 e. The van der Waals surface area contributed by atoms with Crippen molar-refractivity contribution < 1.29 is 14.3 Å². The minimum Gasteiger partial charge on any atom is -0.493 e. The monoisotopic (exact) mass is 379 g/mol. The highest BCUT2D eigenvalue weighted by Crippen LogP contribution is 2.30. The van der Waals surface area contributed by atoms with E-state index in [1.54, 1.807) is 26.0 Å². The van der Waals surface area contributed by atoms with Gasteiger partial charge < -0.3 is 14.8 Å². The van der Waals surface area contributed by atoms with Gasteiger partial charge in [-0.2, -0.15) is 0 Å². The number of ether oxygens (including phenoxy) is 2. The first-order valence-electron chi connectivity index (χ1n) is 7.93. The Morgan fingerprint density at radius 3 is 2.44 bits per heavy atom. The van der Waals surface area contributed by atoms with Crippen LogP contribution in [0, 0.1) is 0 Å². The van der Waals surface area contributed by atoms with E-state index in [0.29, 0.717) is 28.7 Å². The van der Waals surface area contributed by atoms with E-state index in [0.717, 1.165) is 10.5 Å². The fourth-order valence-electron chi connectivity index (χ4n) is 2.31. The number of methoxy groups -OCH3 is 2. The molecular formula is C19H22ClNO3S. The molecule has 1 amide bonds. The zero-order valence-electron chi connectivity index (χ0n) is 14.5. The molecule has 25 heavy (non-hydrogen) atoms. The average molecular weight is 380 g/mol. The zero-order chi connectivity index (χ0) is 18.2. The number of benzene rings is 2. The number of carbonyl (C=O) groups is 1. The molecule has 2 rings (SSSR count). The molecular weight excluding hydrogens is 358 g/mol. The third-order valence-electron chi connectivity index (χ3n) is 3.70.